The van der Waals surface area contributed by atoms with Gasteiger partial charge in [-0.2, -0.15) is 0 Å². The fraction of sp³-hybridized carbons (Fsp3) is 0.167. The summed E-state index contributed by atoms with van der Waals surface area (Å²) in [6, 6.07) is 29.3. The molecule has 0 saturated carbocycles. The first kappa shape index (κ1) is 22.8. The second-order valence-electron chi connectivity index (χ2n) is 9.44. The second kappa shape index (κ2) is 8.78. The summed E-state index contributed by atoms with van der Waals surface area (Å²) >= 11 is 0. The Balaban J connectivity index is 1.34. The fourth-order valence-electron chi connectivity index (χ4n) is 5.31. The highest BCUT2D eigenvalue weighted by Gasteiger charge is 2.50. The number of benzene rings is 4. The minimum absolute atomic E-state index is 0.265. The Morgan fingerprint density at radius 3 is 2.46 bits per heavy atom. The van der Waals surface area contributed by atoms with Gasteiger partial charge in [-0.25, -0.2) is 4.79 Å². The summed E-state index contributed by atoms with van der Waals surface area (Å²) in [4.78, 5) is 43.4. The van der Waals surface area contributed by atoms with E-state index in [0.717, 1.165) is 21.2 Å². The maximum atomic E-state index is 13.8. The minimum atomic E-state index is -1.29. The molecular weight excluding hydrogens is 466 g/mol. The Bertz CT molecular complexity index is 1530. The lowest BCUT2D eigenvalue weighted by Gasteiger charge is -2.37. The van der Waals surface area contributed by atoms with Gasteiger partial charge in [-0.15, -0.1) is 0 Å². The monoisotopic (exact) mass is 491 g/mol. The zero-order valence-electron chi connectivity index (χ0n) is 20.3. The van der Waals surface area contributed by atoms with Gasteiger partial charge >= 0.3 is 6.03 Å². The smallest absolute Gasteiger partial charge is 0.325 e. The van der Waals surface area contributed by atoms with Gasteiger partial charge < -0.3 is 10.1 Å². The van der Waals surface area contributed by atoms with Crippen molar-refractivity contribution in [2.24, 2.45) is 0 Å². The van der Waals surface area contributed by atoms with E-state index in [2.05, 4.69) is 5.32 Å². The third-order valence-corrected chi connectivity index (χ3v) is 7.18. The Morgan fingerprint density at radius 1 is 0.919 bits per heavy atom. The zero-order valence-corrected chi connectivity index (χ0v) is 20.3. The van der Waals surface area contributed by atoms with E-state index in [1.807, 2.05) is 97.1 Å². The third kappa shape index (κ3) is 3.71. The number of urea groups is 1. The largest absolute Gasteiger partial charge is 0.489 e. The topological polar surface area (TPSA) is 79.0 Å². The van der Waals surface area contributed by atoms with E-state index < -0.39 is 23.5 Å². The molecule has 0 aromatic heterocycles. The van der Waals surface area contributed by atoms with Crippen LogP contribution in [0.25, 0.3) is 10.8 Å². The SMILES string of the molecule is C[C@@]1(c2cccc3ccccc23)NC(=O)N(CC(=O)N2c3ccccc3OC[C@H]2c2ccccc2)C1=O. The molecule has 0 radical (unpaired) electrons. The Hall–Kier alpha value is -4.65. The first-order valence-corrected chi connectivity index (χ1v) is 12.2. The molecular formula is C30H25N3O4. The number of fused-ring (bicyclic) bond motifs is 2. The lowest BCUT2D eigenvalue weighted by atomic mass is 9.88. The van der Waals surface area contributed by atoms with Crippen LogP contribution in [0.1, 0.15) is 24.1 Å². The highest BCUT2D eigenvalue weighted by atomic mass is 16.5. The van der Waals surface area contributed by atoms with E-state index in [1.54, 1.807) is 11.8 Å². The Labute approximate surface area is 214 Å². The van der Waals surface area contributed by atoms with E-state index >= 15 is 0 Å². The number of ether oxygens (including phenoxy) is 1. The fourth-order valence-corrected chi connectivity index (χ4v) is 5.31. The van der Waals surface area contributed by atoms with Gasteiger partial charge in [0.15, 0.2) is 0 Å². The number of carbonyl (C=O) groups excluding carboxylic acids is 3. The molecule has 37 heavy (non-hydrogen) atoms. The van der Waals surface area contributed by atoms with Gasteiger partial charge in [-0.3, -0.25) is 19.4 Å². The van der Waals surface area contributed by atoms with Crippen molar-refractivity contribution < 1.29 is 19.1 Å². The number of nitrogens with one attached hydrogen (secondary N) is 1. The van der Waals surface area contributed by atoms with Crippen molar-refractivity contribution in [3.8, 4) is 5.75 Å². The summed E-state index contributed by atoms with van der Waals surface area (Å²) in [5.41, 5.74) is 0.914. The molecule has 184 valence electrons. The van der Waals surface area contributed by atoms with Gasteiger partial charge in [0.05, 0.1) is 11.7 Å². The molecule has 4 amide bonds. The maximum Gasteiger partial charge on any atom is 0.325 e. The highest BCUT2D eigenvalue weighted by molar-refractivity contribution is 6.12. The van der Waals surface area contributed by atoms with Crippen LogP contribution in [-0.4, -0.2) is 35.9 Å². The van der Waals surface area contributed by atoms with Crippen LogP contribution in [-0.2, 0) is 15.1 Å². The van der Waals surface area contributed by atoms with Gasteiger partial charge in [-0.05, 0) is 41.0 Å². The normalized spacial score (nSPS) is 20.9. The molecule has 2 aliphatic rings. The molecule has 7 nitrogen and oxygen atoms in total. The van der Waals surface area contributed by atoms with Crippen molar-refractivity contribution in [3.05, 3.63) is 108 Å². The third-order valence-electron chi connectivity index (χ3n) is 7.18. The lowest BCUT2D eigenvalue weighted by Crippen LogP contribution is -2.48. The van der Waals surface area contributed by atoms with Crippen LogP contribution in [0, 0.1) is 0 Å². The molecule has 1 saturated heterocycles. The number of para-hydroxylation sites is 2. The number of rotatable bonds is 4. The number of imide groups is 1. The molecule has 0 spiro atoms. The standard InChI is InChI=1S/C30H25N3O4/c1-30(23-15-9-13-20-10-5-6-14-22(20)23)28(35)32(29(36)31-30)18-27(34)33-24-16-7-8-17-26(24)37-19-25(33)21-11-3-2-4-12-21/h2-17,25H,18-19H2,1H3,(H,31,36)/t25-,30-/m0/s1. The molecule has 6 rings (SSSR count). The number of amides is 4. The molecule has 1 N–H and O–H groups in total. The molecule has 2 atom stereocenters. The summed E-state index contributed by atoms with van der Waals surface area (Å²) in [5, 5.41) is 4.69. The molecule has 1 fully saturated rings. The van der Waals surface area contributed by atoms with Gasteiger partial charge in [0, 0.05) is 0 Å². The molecule has 0 bridgehead atoms. The first-order chi connectivity index (χ1) is 18.0. The van der Waals surface area contributed by atoms with E-state index in [-0.39, 0.29) is 19.1 Å². The Morgan fingerprint density at radius 2 is 1.62 bits per heavy atom. The predicted molar refractivity (Wildman–Crippen MR) is 140 cm³/mol. The average Bonchev–Trinajstić information content (AvgIpc) is 3.16. The molecule has 0 aliphatic carbocycles. The van der Waals surface area contributed by atoms with Crippen LogP contribution < -0.4 is 15.0 Å². The van der Waals surface area contributed by atoms with Crippen molar-refractivity contribution in [2.75, 3.05) is 18.1 Å². The van der Waals surface area contributed by atoms with Crippen molar-refractivity contribution in [3.63, 3.8) is 0 Å². The predicted octanol–water partition coefficient (Wildman–Crippen LogP) is 4.77. The lowest BCUT2D eigenvalue weighted by molar-refractivity contribution is -0.134. The molecule has 0 unspecified atom stereocenters. The summed E-state index contributed by atoms with van der Waals surface area (Å²) < 4.78 is 5.96. The molecule has 4 aromatic carbocycles. The van der Waals surface area contributed by atoms with Crippen LogP contribution >= 0.6 is 0 Å². The first-order valence-electron chi connectivity index (χ1n) is 12.2. The van der Waals surface area contributed by atoms with Crippen molar-refractivity contribution in [1.82, 2.24) is 10.2 Å². The summed E-state index contributed by atoms with van der Waals surface area (Å²) in [6.07, 6.45) is 0. The van der Waals surface area contributed by atoms with Gasteiger partial charge in [-0.1, -0.05) is 84.9 Å². The van der Waals surface area contributed by atoms with Crippen LogP contribution in [0.2, 0.25) is 0 Å². The van der Waals surface area contributed by atoms with E-state index in [4.69, 9.17) is 4.74 Å². The highest BCUT2D eigenvalue weighted by Crippen LogP contribution is 2.40. The molecule has 2 aliphatic heterocycles. The maximum absolute atomic E-state index is 13.8. The van der Waals surface area contributed by atoms with Crippen molar-refractivity contribution in [1.29, 1.82) is 0 Å². The van der Waals surface area contributed by atoms with Crippen LogP contribution in [0.4, 0.5) is 10.5 Å². The minimum Gasteiger partial charge on any atom is -0.489 e. The number of anilines is 1. The molecule has 7 heteroatoms. The van der Waals surface area contributed by atoms with Gasteiger partial charge in [0.1, 0.15) is 24.4 Å². The number of carbonyl (C=O) groups is 3. The summed E-state index contributed by atoms with van der Waals surface area (Å²) in [7, 11) is 0. The summed E-state index contributed by atoms with van der Waals surface area (Å²) in [6.45, 7) is 1.57. The van der Waals surface area contributed by atoms with Gasteiger partial charge in [0.25, 0.3) is 5.91 Å². The summed E-state index contributed by atoms with van der Waals surface area (Å²) in [5.74, 6) is -0.240. The number of hydrogen-bond donors (Lipinski definition) is 1. The van der Waals surface area contributed by atoms with Crippen molar-refractivity contribution in [2.45, 2.75) is 18.5 Å². The van der Waals surface area contributed by atoms with E-state index in [9.17, 15) is 14.4 Å². The van der Waals surface area contributed by atoms with E-state index in [0.29, 0.717) is 17.0 Å². The quantitative estimate of drug-likeness (QED) is 0.417. The number of nitrogens with zero attached hydrogens (tertiary/aromatic N) is 2. The van der Waals surface area contributed by atoms with E-state index in [1.165, 1.54) is 0 Å². The van der Waals surface area contributed by atoms with Crippen LogP contribution in [0.5, 0.6) is 5.75 Å². The average molecular weight is 492 g/mol. The van der Waals surface area contributed by atoms with Crippen molar-refractivity contribution >= 4 is 34.3 Å². The molecule has 4 aromatic rings. The molecule has 2 heterocycles. The van der Waals surface area contributed by atoms with Gasteiger partial charge in [0.2, 0.25) is 5.91 Å². The zero-order chi connectivity index (χ0) is 25.6. The Kier molecular flexibility index (Phi) is 5.41. The van der Waals surface area contributed by atoms with Crippen LogP contribution in [0.15, 0.2) is 97.1 Å². The number of hydrogen-bond acceptors (Lipinski definition) is 4. The van der Waals surface area contributed by atoms with Crippen LogP contribution in [0.3, 0.4) is 0 Å². The second-order valence-corrected chi connectivity index (χ2v) is 9.44.